The number of para-hydroxylation sites is 1. The molecule has 0 bridgehead atoms. The molecule has 6 rings (SSSR count). The van der Waals surface area contributed by atoms with E-state index in [1.54, 1.807) is 6.07 Å². The molecule has 5 nitrogen and oxygen atoms in total. The van der Waals surface area contributed by atoms with Crippen LogP contribution in [0.2, 0.25) is 0 Å². The molecule has 1 saturated heterocycles. The van der Waals surface area contributed by atoms with Crippen molar-refractivity contribution in [2.45, 2.75) is 76.7 Å². The summed E-state index contributed by atoms with van der Waals surface area (Å²) < 4.78 is 8.84. The molecule has 2 aliphatic heterocycles. The van der Waals surface area contributed by atoms with Crippen LogP contribution >= 0.6 is 0 Å². The lowest BCUT2D eigenvalue weighted by Gasteiger charge is -2.26. The van der Waals surface area contributed by atoms with Crippen LogP contribution in [0.4, 0.5) is 0 Å². The highest BCUT2D eigenvalue weighted by Crippen LogP contribution is 2.48. The summed E-state index contributed by atoms with van der Waals surface area (Å²) in [4.78, 5) is 14.4. The lowest BCUT2D eigenvalue weighted by molar-refractivity contribution is 0.0697. The second kappa shape index (κ2) is 10.3. The Kier molecular flexibility index (Phi) is 6.75. The molecule has 36 heavy (non-hydrogen) atoms. The first-order chi connectivity index (χ1) is 17.7. The minimum atomic E-state index is -0.868. The van der Waals surface area contributed by atoms with E-state index in [9.17, 15) is 9.90 Å². The van der Waals surface area contributed by atoms with Gasteiger partial charge in [-0.05, 0) is 93.4 Å². The molecule has 3 heterocycles. The van der Waals surface area contributed by atoms with Gasteiger partial charge in [-0.2, -0.15) is 0 Å². The first-order valence-electron chi connectivity index (χ1n) is 14.1. The fourth-order valence-corrected chi connectivity index (χ4v) is 6.89. The number of benzene rings is 2. The molecular weight excluding hydrogens is 448 g/mol. The van der Waals surface area contributed by atoms with E-state index < -0.39 is 5.97 Å². The molecule has 3 aliphatic rings. The lowest BCUT2D eigenvalue weighted by Crippen LogP contribution is -2.30. The Hall–Kier alpha value is -2.79. The summed E-state index contributed by atoms with van der Waals surface area (Å²) in [6, 6.07) is 12.4. The number of aromatic carboxylic acids is 1. The van der Waals surface area contributed by atoms with Gasteiger partial charge in [-0.15, -0.1) is 0 Å². The van der Waals surface area contributed by atoms with Gasteiger partial charge in [0.25, 0.3) is 0 Å². The number of fused-ring (bicyclic) bond motifs is 5. The maximum atomic E-state index is 11.8. The molecular formula is C31H38N2O3. The fourth-order valence-electron chi connectivity index (χ4n) is 6.89. The van der Waals surface area contributed by atoms with Crippen molar-refractivity contribution in [3.05, 3.63) is 53.1 Å². The van der Waals surface area contributed by atoms with Crippen LogP contribution in [-0.2, 0) is 13.0 Å². The number of aryl methyl sites for hydroxylation is 1. The number of hydrogen-bond donors (Lipinski definition) is 1. The van der Waals surface area contributed by atoms with E-state index >= 15 is 0 Å². The summed E-state index contributed by atoms with van der Waals surface area (Å²) in [6.07, 6.45) is 12.5. The molecule has 0 amide bonds. The SMILES string of the molecule is O=C(O)c1ccc2c(C3CCCCC3)c3n(c2c1)CCOc1c(CCCN2CCCCC2)cccc1-3. The summed E-state index contributed by atoms with van der Waals surface area (Å²) in [5, 5.41) is 10.9. The second-order valence-electron chi connectivity index (χ2n) is 10.9. The Morgan fingerprint density at radius 2 is 1.78 bits per heavy atom. The normalized spacial score (nSPS) is 18.9. The predicted octanol–water partition coefficient (Wildman–Crippen LogP) is 6.87. The third kappa shape index (κ3) is 4.43. The molecule has 0 spiro atoms. The average molecular weight is 487 g/mol. The monoisotopic (exact) mass is 486 g/mol. The fraction of sp³-hybridized carbons (Fsp3) is 0.516. The topological polar surface area (TPSA) is 54.7 Å². The van der Waals surface area contributed by atoms with Crippen molar-refractivity contribution in [3.63, 3.8) is 0 Å². The molecule has 1 aromatic heterocycles. The van der Waals surface area contributed by atoms with Crippen LogP contribution < -0.4 is 4.74 Å². The summed E-state index contributed by atoms with van der Waals surface area (Å²) in [7, 11) is 0. The van der Waals surface area contributed by atoms with Crippen LogP contribution in [-0.4, -0.2) is 46.8 Å². The van der Waals surface area contributed by atoms with Crippen molar-refractivity contribution in [1.82, 2.24) is 9.47 Å². The van der Waals surface area contributed by atoms with E-state index in [0.717, 1.165) is 37.2 Å². The van der Waals surface area contributed by atoms with Crippen molar-refractivity contribution in [3.8, 4) is 17.0 Å². The van der Waals surface area contributed by atoms with Crippen molar-refractivity contribution in [2.24, 2.45) is 0 Å². The van der Waals surface area contributed by atoms with Crippen molar-refractivity contribution >= 4 is 16.9 Å². The summed E-state index contributed by atoms with van der Waals surface area (Å²) >= 11 is 0. The molecule has 190 valence electrons. The molecule has 0 unspecified atom stereocenters. The highest BCUT2D eigenvalue weighted by atomic mass is 16.5. The number of nitrogens with zero attached hydrogens (tertiary/aromatic N) is 2. The first kappa shape index (κ1) is 23.6. The standard InChI is InChI=1S/C31H38N2O3/c34-31(35)24-14-15-25-27(21-24)33-19-20-36-30-23(12-8-18-32-16-5-2-6-17-32)11-7-13-26(30)29(33)28(25)22-9-3-1-4-10-22/h7,11,13-15,21-22H,1-6,8-10,12,16-20H2,(H,34,35). The zero-order valence-corrected chi connectivity index (χ0v) is 21.3. The van der Waals surface area contributed by atoms with Gasteiger partial charge in [0.15, 0.2) is 0 Å². The maximum Gasteiger partial charge on any atom is 0.335 e. The number of carboxylic acid groups (broad SMARTS) is 1. The predicted molar refractivity (Wildman–Crippen MR) is 144 cm³/mol. The summed E-state index contributed by atoms with van der Waals surface area (Å²) in [6.45, 7) is 4.99. The maximum absolute atomic E-state index is 11.8. The number of likely N-dealkylation sites (tertiary alicyclic amines) is 1. The van der Waals surface area contributed by atoms with Crippen LogP contribution in [0.5, 0.6) is 5.75 Å². The zero-order valence-electron chi connectivity index (χ0n) is 21.3. The third-order valence-electron chi connectivity index (χ3n) is 8.65. The Bertz CT molecular complexity index is 1250. The van der Waals surface area contributed by atoms with Crippen LogP contribution in [0.3, 0.4) is 0 Å². The average Bonchev–Trinajstić information content (AvgIpc) is 3.10. The van der Waals surface area contributed by atoms with E-state index in [1.807, 2.05) is 6.07 Å². The number of piperidine rings is 1. The number of hydrogen-bond acceptors (Lipinski definition) is 3. The number of carboxylic acids is 1. The largest absolute Gasteiger partial charge is 0.491 e. The highest BCUT2D eigenvalue weighted by molar-refractivity contribution is 5.98. The van der Waals surface area contributed by atoms with E-state index in [-0.39, 0.29) is 0 Å². The highest BCUT2D eigenvalue weighted by Gasteiger charge is 2.30. The Morgan fingerprint density at radius 1 is 0.972 bits per heavy atom. The Morgan fingerprint density at radius 3 is 2.58 bits per heavy atom. The zero-order chi connectivity index (χ0) is 24.5. The smallest absolute Gasteiger partial charge is 0.335 e. The summed E-state index contributed by atoms with van der Waals surface area (Å²) in [5.41, 5.74) is 6.58. The lowest BCUT2D eigenvalue weighted by atomic mass is 9.81. The molecule has 1 aliphatic carbocycles. The van der Waals surface area contributed by atoms with Crippen LogP contribution in [0.1, 0.15) is 85.2 Å². The molecule has 2 fully saturated rings. The van der Waals surface area contributed by atoms with Gasteiger partial charge in [-0.1, -0.05) is 43.9 Å². The van der Waals surface area contributed by atoms with Gasteiger partial charge in [0.2, 0.25) is 0 Å². The number of aromatic nitrogens is 1. The van der Waals surface area contributed by atoms with Gasteiger partial charge < -0.3 is 19.3 Å². The van der Waals surface area contributed by atoms with Crippen molar-refractivity contribution < 1.29 is 14.6 Å². The van der Waals surface area contributed by atoms with Crippen LogP contribution in [0, 0.1) is 0 Å². The molecule has 2 aromatic carbocycles. The van der Waals surface area contributed by atoms with Crippen molar-refractivity contribution in [1.29, 1.82) is 0 Å². The minimum absolute atomic E-state index is 0.356. The molecule has 1 saturated carbocycles. The molecule has 0 radical (unpaired) electrons. The van der Waals surface area contributed by atoms with Gasteiger partial charge in [0.1, 0.15) is 12.4 Å². The summed E-state index contributed by atoms with van der Waals surface area (Å²) in [5.74, 6) is 0.697. The van der Waals surface area contributed by atoms with E-state index in [1.165, 1.54) is 92.2 Å². The van der Waals surface area contributed by atoms with Crippen molar-refractivity contribution in [2.75, 3.05) is 26.2 Å². The van der Waals surface area contributed by atoms with E-state index in [0.29, 0.717) is 18.1 Å². The number of carbonyl (C=O) groups is 1. The van der Waals surface area contributed by atoms with E-state index in [2.05, 4.69) is 33.7 Å². The Labute approximate surface area is 214 Å². The van der Waals surface area contributed by atoms with Gasteiger partial charge in [-0.25, -0.2) is 4.79 Å². The van der Waals surface area contributed by atoms with Crippen LogP contribution in [0.25, 0.3) is 22.2 Å². The number of ether oxygens (including phenoxy) is 1. The third-order valence-corrected chi connectivity index (χ3v) is 8.65. The number of rotatable bonds is 6. The van der Waals surface area contributed by atoms with Crippen LogP contribution in [0.15, 0.2) is 36.4 Å². The van der Waals surface area contributed by atoms with Gasteiger partial charge in [-0.3, -0.25) is 0 Å². The minimum Gasteiger partial charge on any atom is -0.491 e. The van der Waals surface area contributed by atoms with Gasteiger partial charge >= 0.3 is 5.97 Å². The quantitative estimate of drug-likeness (QED) is 0.413. The van der Waals surface area contributed by atoms with Gasteiger partial charge in [0.05, 0.1) is 17.8 Å². The molecule has 1 N–H and O–H groups in total. The molecule has 0 atom stereocenters. The first-order valence-corrected chi connectivity index (χ1v) is 14.1. The van der Waals surface area contributed by atoms with Gasteiger partial charge in [0, 0.05) is 16.5 Å². The second-order valence-corrected chi connectivity index (χ2v) is 10.9. The van der Waals surface area contributed by atoms with E-state index in [4.69, 9.17) is 4.74 Å². The Balaban J connectivity index is 1.42. The molecule has 5 heteroatoms. The molecule has 3 aromatic rings.